The molecule has 7 aromatic rings. The minimum absolute atomic E-state index is 0.822. The number of aromatic nitrogens is 2. The minimum Gasteiger partial charge on any atom is -0.370 e. The van der Waals surface area contributed by atoms with Crippen LogP contribution in [0.3, 0.4) is 0 Å². The Balaban J connectivity index is 1.33. The molecule has 0 saturated carbocycles. The van der Waals surface area contributed by atoms with Gasteiger partial charge in [-0.05, 0) is 87.5 Å². The fourth-order valence-electron chi connectivity index (χ4n) is 6.48. The van der Waals surface area contributed by atoms with E-state index in [1.54, 1.807) is 0 Å². The second-order valence-corrected chi connectivity index (χ2v) is 12.4. The van der Waals surface area contributed by atoms with Crippen LogP contribution in [0.15, 0.2) is 182 Å². The van der Waals surface area contributed by atoms with Gasteiger partial charge in [0.1, 0.15) is 0 Å². The molecule has 49 heavy (non-hydrogen) atoms. The molecule has 0 fully saturated rings. The molecule has 2 aromatic heterocycles. The van der Waals surface area contributed by atoms with Crippen molar-refractivity contribution >= 4 is 11.3 Å². The molecule has 3 heteroatoms. The Hall–Kier alpha value is -6.32. The van der Waals surface area contributed by atoms with Crippen LogP contribution >= 0.6 is 0 Å². The highest BCUT2D eigenvalue weighted by molar-refractivity contribution is 5.89. The lowest BCUT2D eigenvalue weighted by Gasteiger charge is -2.27. The fraction of sp³-hybridized carbons (Fsp3) is 0.0435. The summed E-state index contributed by atoms with van der Waals surface area (Å²) in [4.78, 5) is 12.4. The standard InChI is InChI=1S/C46H35N3/c1-49-25-23-38(34-16-8-3-9-17-34)32-46(49)42-27-39(26-41(28-42)43-29-37(22-24-47-43)33-14-6-2-7-15-33)40-30-44(35-18-10-4-11-19-35)48-45(31-40)36-20-12-5-13-21-36/h2-24,26-32H,25H2,1H3. The van der Waals surface area contributed by atoms with Gasteiger partial charge >= 0.3 is 0 Å². The predicted octanol–water partition coefficient (Wildman–Crippen LogP) is 11.2. The van der Waals surface area contributed by atoms with Crippen LogP contribution in [0.4, 0.5) is 0 Å². The van der Waals surface area contributed by atoms with E-state index in [2.05, 4.69) is 176 Å². The van der Waals surface area contributed by atoms with Gasteiger partial charge in [0, 0.05) is 42.2 Å². The first-order valence-corrected chi connectivity index (χ1v) is 16.7. The summed E-state index contributed by atoms with van der Waals surface area (Å²) in [7, 11) is 2.16. The van der Waals surface area contributed by atoms with Crippen LogP contribution in [0.2, 0.25) is 0 Å². The average Bonchev–Trinajstić information content (AvgIpc) is 3.19. The Morgan fingerprint density at radius 1 is 0.429 bits per heavy atom. The predicted molar refractivity (Wildman–Crippen MR) is 204 cm³/mol. The van der Waals surface area contributed by atoms with Crippen molar-refractivity contribution in [2.75, 3.05) is 13.6 Å². The molecular formula is C46H35N3. The van der Waals surface area contributed by atoms with Crippen LogP contribution in [0, 0.1) is 0 Å². The number of hydrogen-bond acceptors (Lipinski definition) is 3. The van der Waals surface area contributed by atoms with Crippen molar-refractivity contribution in [1.82, 2.24) is 14.9 Å². The summed E-state index contributed by atoms with van der Waals surface area (Å²) in [5.41, 5.74) is 15.3. The molecule has 0 atom stereocenters. The van der Waals surface area contributed by atoms with E-state index in [0.29, 0.717) is 0 Å². The van der Waals surface area contributed by atoms with Gasteiger partial charge in [-0.2, -0.15) is 0 Å². The van der Waals surface area contributed by atoms with Gasteiger partial charge in [0.2, 0.25) is 0 Å². The zero-order valence-corrected chi connectivity index (χ0v) is 27.4. The minimum atomic E-state index is 0.822. The Kier molecular flexibility index (Phi) is 8.23. The number of pyridine rings is 2. The SMILES string of the molecule is CN1CC=C(c2ccccc2)C=C1c1cc(-c2cc(-c3ccccc3)nc(-c3ccccc3)c2)cc(-c2cc(-c3ccccc3)ccn2)c1. The molecule has 3 heterocycles. The molecule has 8 rings (SSSR count). The van der Waals surface area contributed by atoms with Crippen LogP contribution in [-0.4, -0.2) is 28.5 Å². The third kappa shape index (κ3) is 6.47. The Morgan fingerprint density at radius 2 is 0.918 bits per heavy atom. The average molecular weight is 630 g/mol. The van der Waals surface area contributed by atoms with Crippen LogP contribution in [0.1, 0.15) is 11.1 Å². The van der Waals surface area contributed by atoms with Crippen molar-refractivity contribution in [3.63, 3.8) is 0 Å². The number of hydrogen-bond donors (Lipinski definition) is 0. The highest BCUT2D eigenvalue weighted by Gasteiger charge is 2.18. The summed E-state index contributed by atoms with van der Waals surface area (Å²) in [5, 5.41) is 0. The summed E-state index contributed by atoms with van der Waals surface area (Å²) in [6, 6.07) is 57.6. The summed E-state index contributed by atoms with van der Waals surface area (Å²) >= 11 is 0. The van der Waals surface area contributed by atoms with Gasteiger partial charge in [0.15, 0.2) is 0 Å². The largest absolute Gasteiger partial charge is 0.370 e. The van der Waals surface area contributed by atoms with E-state index in [1.807, 2.05) is 18.3 Å². The van der Waals surface area contributed by atoms with Crippen molar-refractivity contribution in [1.29, 1.82) is 0 Å². The lowest BCUT2D eigenvalue weighted by Crippen LogP contribution is -2.20. The first-order chi connectivity index (χ1) is 24.2. The molecule has 1 aliphatic heterocycles. The summed E-state index contributed by atoms with van der Waals surface area (Å²) in [6.07, 6.45) is 6.53. The molecule has 0 unspecified atom stereocenters. The van der Waals surface area contributed by atoms with Gasteiger partial charge in [-0.25, -0.2) is 4.98 Å². The molecular weight excluding hydrogens is 595 g/mol. The van der Waals surface area contributed by atoms with Crippen LogP contribution in [0.25, 0.3) is 67.3 Å². The fourth-order valence-corrected chi connectivity index (χ4v) is 6.48. The van der Waals surface area contributed by atoms with Crippen molar-refractivity contribution in [2.45, 2.75) is 0 Å². The molecule has 0 spiro atoms. The highest BCUT2D eigenvalue weighted by Crippen LogP contribution is 2.37. The Morgan fingerprint density at radius 3 is 1.53 bits per heavy atom. The lowest BCUT2D eigenvalue weighted by molar-refractivity contribution is 0.533. The number of allylic oxidation sites excluding steroid dienone is 2. The maximum absolute atomic E-state index is 5.15. The molecule has 0 radical (unpaired) electrons. The van der Waals surface area contributed by atoms with Crippen LogP contribution in [-0.2, 0) is 0 Å². The van der Waals surface area contributed by atoms with Crippen LogP contribution < -0.4 is 0 Å². The summed E-state index contributed by atoms with van der Waals surface area (Å²) in [6.45, 7) is 0.822. The van der Waals surface area contributed by atoms with Crippen molar-refractivity contribution in [3.8, 4) is 56.0 Å². The van der Waals surface area contributed by atoms with Gasteiger partial charge in [-0.15, -0.1) is 0 Å². The molecule has 5 aromatic carbocycles. The van der Waals surface area contributed by atoms with E-state index in [-0.39, 0.29) is 0 Å². The zero-order valence-electron chi connectivity index (χ0n) is 27.4. The van der Waals surface area contributed by atoms with E-state index in [0.717, 1.165) is 62.6 Å². The summed E-state index contributed by atoms with van der Waals surface area (Å²) in [5.74, 6) is 0. The Labute approximate surface area is 288 Å². The summed E-state index contributed by atoms with van der Waals surface area (Å²) < 4.78 is 0. The third-order valence-electron chi connectivity index (χ3n) is 9.09. The molecule has 3 nitrogen and oxygen atoms in total. The normalized spacial score (nSPS) is 12.7. The van der Waals surface area contributed by atoms with E-state index in [4.69, 9.17) is 9.97 Å². The van der Waals surface area contributed by atoms with Gasteiger partial charge in [-0.1, -0.05) is 127 Å². The second-order valence-electron chi connectivity index (χ2n) is 12.4. The number of rotatable bonds is 7. The molecule has 0 aliphatic carbocycles. The van der Waals surface area contributed by atoms with Gasteiger partial charge in [-0.3, -0.25) is 4.98 Å². The first kappa shape index (κ1) is 30.0. The second kappa shape index (κ2) is 13.4. The monoisotopic (exact) mass is 629 g/mol. The third-order valence-corrected chi connectivity index (χ3v) is 9.09. The quantitative estimate of drug-likeness (QED) is 0.176. The number of likely N-dealkylation sites (N-methyl/N-ethyl adjacent to an activating group) is 1. The van der Waals surface area contributed by atoms with E-state index in [1.165, 1.54) is 22.4 Å². The van der Waals surface area contributed by atoms with Crippen molar-refractivity contribution < 1.29 is 0 Å². The first-order valence-electron chi connectivity index (χ1n) is 16.7. The van der Waals surface area contributed by atoms with E-state index < -0.39 is 0 Å². The number of benzene rings is 5. The van der Waals surface area contributed by atoms with Crippen molar-refractivity contribution in [3.05, 3.63) is 193 Å². The van der Waals surface area contributed by atoms with Gasteiger partial charge < -0.3 is 4.90 Å². The smallest absolute Gasteiger partial charge is 0.0715 e. The lowest BCUT2D eigenvalue weighted by atomic mass is 9.92. The van der Waals surface area contributed by atoms with Crippen molar-refractivity contribution in [2.24, 2.45) is 0 Å². The van der Waals surface area contributed by atoms with E-state index in [9.17, 15) is 0 Å². The van der Waals surface area contributed by atoms with E-state index >= 15 is 0 Å². The molecule has 0 saturated heterocycles. The molecule has 0 N–H and O–H groups in total. The highest BCUT2D eigenvalue weighted by atomic mass is 15.1. The maximum atomic E-state index is 5.15. The molecule has 234 valence electrons. The Bertz CT molecular complexity index is 2230. The number of nitrogens with zero attached hydrogens (tertiary/aromatic N) is 3. The molecule has 1 aliphatic rings. The zero-order chi connectivity index (χ0) is 33.0. The molecule has 0 amide bonds. The topological polar surface area (TPSA) is 29.0 Å². The molecule has 0 bridgehead atoms. The van der Waals surface area contributed by atoms with Crippen LogP contribution in [0.5, 0.6) is 0 Å². The van der Waals surface area contributed by atoms with Gasteiger partial charge in [0.05, 0.1) is 17.1 Å². The maximum Gasteiger partial charge on any atom is 0.0715 e. The van der Waals surface area contributed by atoms with Gasteiger partial charge in [0.25, 0.3) is 0 Å².